The first-order valence-corrected chi connectivity index (χ1v) is 6.13. The van der Waals surface area contributed by atoms with Crippen molar-refractivity contribution in [2.75, 3.05) is 0 Å². The van der Waals surface area contributed by atoms with E-state index in [0.717, 1.165) is 31.6 Å². The van der Waals surface area contributed by atoms with E-state index in [4.69, 9.17) is 0 Å². The van der Waals surface area contributed by atoms with Crippen LogP contribution in [0.2, 0.25) is 0 Å². The van der Waals surface area contributed by atoms with E-state index in [1.807, 2.05) is 4.68 Å². The van der Waals surface area contributed by atoms with Crippen molar-refractivity contribution in [3.63, 3.8) is 0 Å². The molecule has 0 unspecified atom stereocenters. The van der Waals surface area contributed by atoms with Gasteiger partial charge < -0.3 is 5.11 Å². The number of nitrogens with zero attached hydrogens (tertiary/aromatic N) is 3. The second kappa shape index (κ2) is 4.47. The SMILES string of the molecule is CC(C)Cn1ncnc1CC1(C(=O)O)CCC1. The normalized spacial score (nSPS) is 18.1. The van der Waals surface area contributed by atoms with Crippen LogP contribution in [0.3, 0.4) is 0 Å². The van der Waals surface area contributed by atoms with E-state index in [1.54, 1.807) is 0 Å². The lowest BCUT2D eigenvalue weighted by molar-refractivity contribution is -0.154. The summed E-state index contributed by atoms with van der Waals surface area (Å²) in [6, 6.07) is 0. The average Bonchev–Trinajstić information content (AvgIpc) is 2.57. The summed E-state index contributed by atoms with van der Waals surface area (Å²) in [5, 5.41) is 13.5. The monoisotopic (exact) mass is 237 g/mol. The molecule has 1 fully saturated rings. The van der Waals surface area contributed by atoms with Gasteiger partial charge in [0.2, 0.25) is 0 Å². The first-order chi connectivity index (χ1) is 8.03. The van der Waals surface area contributed by atoms with Gasteiger partial charge in [0, 0.05) is 13.0 Å². The molecule has 0 atom stereocenters. The molecule has 1 aromatic heterocycles. The van der Waals surface area contributed by atoms with Crippen LogP contribution in [-0.4, -0.2) is 25.8 Å². The Labute approximate surface area is 101 Å². The molecule has 0 radical (unpaired) electrons. The molecule has 1 aliphatic rings. The number of hydrogen-bond donors (Lipinski definition) is 1. The summed E-state index contributed by atoms with van der Waals surface area (Å²) in [4.78, 5) is 15.5. The molecular weight excluding hydrogens is 218 g/mol. The Hall–Kier alpha value is -1.39. The van der Waals surface area contributed by atoms with E-state index in [-0.39, 0.29) is 0 Å². The lowest BCUT2D eigenvalue weighted by Crippen LogP contribution is -2.40. The molecule has 5 nitrogen and oxygen atoms in total. The van der Waals surface area contributed by atoms with Crippen LogP contribution in [0.25, 0.3) is 0 Å². The van der Waals surface area contributed by atoms with Gasteiger partial charge in [0.05, 0.1) is 5.41 Å². The maximum atomic E-state index is 11.3. The first kappa shape index (κ1) is 12.1. The fourth-order valence-corrected chi connectivity index (χ4v) is 2.30. The lowest BCUT2D eigenvalue weighted by Gasteiger charge is -2.37. The summed E-state index contributed by atoms with van der Waals surface area (Å²) >= 11 is 0. The van der Waals surface area contributed by atoms with Crippen molar-refractivity contribution in [3.8, 4) is 0 Å². The third-order valence-electron chi connectivity index (χ3n) is 3.49. The van der Waals surface area contributed by atoms with Gasteiger partial charge in [0.25, 0.3) is 0 Å². The molecule has 1 aromatic rings. The van der Waals surface area contributed by atoms with Crippen LogP contribution in [0.4, 0.5) is 0 Å². The van der Waals surface area contributed by atoms with E-state index >= 15 is 0 Å². The van der Waals surface area contributed by atoms with Crippen molar-refractivity contribution >= 4 is 5.97 Å². The van der Waals surface area contributed by atoms with Crippen LogP contribution in [0.5, 0.6) is 0 Å². The number of aliphatic carboxylic acids is 1. The summed E-state index contributed by atoms with van der Waals surface area (Å²) in [5.74, 6) is 0.598. The van der Waals surface area contributed by atoms with Crippen molar-refractivity contribution in [3.05, 3.63) is 12.2 Å². The predicted molar refractivity (Wildman–Crippen MR) is 62.5 cm³/mol. The first-order valence-electron chi connectivity index (χ1n) is 6.13. The van der Waals surface area contributed by atoms with E-state index in [0.29, 0.717) is 12.3 Å². The lowest BCUT2D eigenvalue weighted by atomic mass is 9.66. The number of carboxylic acid groups (broad SMARTS) is 1. The molecule has 0 aromatic carbocycles. The largest absolute Gasteiger partial charge is 0.481 e. The van der Waals surface area contributed by atoms with Gasteiger partial charge in [0.15, 0.2) is 0 Å². The Balaban J connectivity index is 2.13. The minimum Gasteiger partial charge on any atom is -0.481 e. The van der Waals surface area contributed by atoms with E-state index in [2.05, 4.69) is 23.9 Å². The zero-order valence-electron chi connectivity index (χ0n) is 10.4. The Morgan fingerprint density at radius 2 is 2.29 bits per heavy atom. The second-order valence-corrected chi connectivity index (χ2v) is 5.37. The van der Waals surface area contributed by atoms with Crippen LogP contribution in [0, 0.1) is 11.3 Å². The van der Waals surface area contributed by atoms with Crippen molar-refractivity contribution in [1.29, 1.82) is 0 Å². The number of aromatic nitrogens is 3. The molecule has 1 saturated carbocycles. The molecule has 1 heterocycles. The van der Waals surface area contributed by atoms with E-state index < -0.39 is 11.4 Å². The highest BCUT2D eigenvalue weighted by molar-refractivity contribution is 5.76. The van der Waals surface area contributed by atoms with Gasteiger partial charge in [-0.3, -0.25) is 4.79 Å². The topological polar surface area (TPSA) is 68.0 Å². The molecular formula is C12H19N3O2. The van der Waals surface area contributed by atoms with E-state index in [9.17, 15) is 9.90 Å². The minimum atomic E-state index is -0.692. The molecule has 0 aliphatic heterocycles. The van der Waals surface area contributed by atoms with Crippen molar-refractivity contribution in [1.82, 2.24) is 14.8 Å². The maximum absolute atomic E-state index is 11.3. The van der Waals surface area contributed by atoms with Crippen molar-refractivity contribution in [2.45, 2.75) is 46.1 Å². The minimum absolute atomic E-state index is 0.484. The van der Waals surface area contributed by atoms with Gasteiger partial charge in [-0.05, 0) is 18.8 Å². The van der Waals surface area contributed by atoms with Crippen molar-refractivity contribution in [2.24, 2.45) is 11.3 Å². The Morgan fingerprint density at radius 1 is 1.59 bits per heavy atom. The average molecular weight is 237 g/mol. The second-order valence-electron chi connectivity index (χ2n) is 5.37. The molecule has 1 aliphatic carbocycles. The van der Waals surface area contributed by atoms with Gasteiger partial charge in [-0.2, -0.15) is 5.10 Å². The standard InChI is InChI=1S/C12H19N3O2/c1-9(2)7-15-10(13-8-14-15)6-12(11(16)17)4-3-5-12/h8-9H,3-7H2,1-2H3,(H,16,17). The zero-order chi connectivity index (χ0) is 12.5. The highest BCUT2D eigenvalue weighted by atomic mass is 16.4. The van der Waals surface area contributed by atoms with Gasteiger partial charge in [-0.25, -0.2) is 9.67 Å². The van der Waals surface area contributed by atoms with Gasteiger partial charge in [-0.1, -0.05) is 20.3 Å². The van der Waals surface area contributed by atoms with Crippen LogP contribution >= 0.6 is 0 Å². The number of rotatable bonds is 5. The number of carboxylic acids is 1. The molecule has 17 heavy (non-hydrogen) atoms. The van der Waals surface area contributed by atoms with Crippen LogP contribution in [0.1, 0.15) is 38.9 Å². The molecule has 0 amide bonds. The van der Waals surface area contributed by atoms with Gasteiger partial charge >= 0.3 is 5.97 Å². The smallest absolute Gasteiger partial charge is 0.310 e. The maximum Gasteiger partial charge on any atom is 0.310 e. The molecule has 5 heteroatoms. The van der Waals surface area contributed by atoms with Crippen molar-refractivity contribution < 1.29 is 9.90 Å². The third kappa shape index (κ3) is 2.33. The predicted octanol–water partition coefficient (Wildman–Crippen LogP) is 1.73. The van der Waals surface area contributed by atoms with E-state index in [1.165, 1.54) is 6.33 Å². The summed E-state index contributed by atoms with van der Waals surface area (Å²) in [5.41, 5.74) is -0.582. The Bertz CT molecular complexity index is 408. The molecule has 0 spiro atoms. The highest BCUT2D eigenvalue weighted by Crippen LogP contribution is 2.43. The quantitative estimate of drug-likeness (QED) is 0.846. The fourth-order valence-electron chi connectivity index (χ4n) is 2.30. The zero-order valence-corrected chi connectivity index (χ0v) is 10.4. The summed E-state index contributed by atoms with van der Waals surface area (Å²) in [7, 11) is 0. The molecule has 0 saturated heterocycles. The number of hydrogen-bond acceptors (Lipinski definition) is 3. The van der Waals surface area contributed by atoms with Crippen LogP contribution < -0.4 is 0 Å². The highest BCUT2D eigenvalue weighted by Gasteiger charge is 2.45. The van der Waals surface area contributed by atoms with Gasteiger partial charge in [0.1, 0.15) is 12.2 Å². The summed E-state index contributed by atoms with van der Waals surface area (Å²) < 4.78 is 1.84. The summed E-state index contributed by atoms with van der Waals surface area (Å²) in [6.45, 7) is 5.02. The summed E-state index contributed by atoms with van der Waals surface area (Å²) in [6.07, 6.45) is 4.55. The van der Waals surface area contributed by atoms with Crippen LogP contribution in [0.15, 0.2) is 6.33 Å². The third-order valence-corrected chi connectivity index (χ3v) is 3.49. The number of carbonyl (C=O) groups is 1. The molecule has 0 bridgehead atoms. The van der Waals surface area contributed by atoms with Crippen LogP contribution in [-0.2, 0) is 17.8 Å². The molecule has 94 valence electrons. The van der Waals surface area contributed by atoms with Gasteiger partial charge in [-0.15, -0.1) is 0 Å². The molecule has 1 N–H and O–H groups in total. The Kier molecular flexibility index (Phi) is 3.17. The molecule has 2 rings (SSSR count). The fraction of sp³-hybridized carbons (Fsp3) is 0.750. The Morgan fingerprint density at radius 3 is 2.76 bits per heavy atom.